The van der Waals surface area contributed by atoms with Gasteiger partial charge in [0.05, 0.1) is 12.8 Å². The molecule has 0 aliphatic heterocycles. The number of hydrogen-bond donors (Lipinski definition) is 2. The largest absolute Gasteiger partial charge is 0.497 e. The van der Waals surface area contributed by atoms with Crippen molar-refractivity contribution in [2.75, 3.05) is 19.0 Å². The molecule has 1 heterocycles. The monoisotopic (exact) mass is 456 g/mol. The Morgan fingerprint density at radius 2 is 1.59 bits per heavy atom. The zero-order chi connectivity index (χ0) is 23.7. The first-order valence-corrected chi connectivity index (χ1v) is 10.5. The summed E-state index contributed by atoms with van der Waals surface area (Å²) in [7, 11) is 1.54. The number of carbonyl (C=O) groups is 2. The molecule has 4 aromatic rings. The Kier molecular flexibility index (Phi) is 5.43. The van der Waals surface area contributed by atoms with Gasteiger partial charge in [-0.3, -0.25) is 5.32 Å². The number of nitrogens with one attached hydrogen (secondary N) is 1. The number of carboxylic acids is 1. The lowest BCUT2D eigenvalue weighted by molar-refractivity contribution is 0.0691. The number of fused-ring (bicyclic) bond motifs is 3. The van der Waals surface area contributed by atoms with Gasteiger partial charge >= 0.3 is 12.1 Å². The number of benzene rings is 3. The molecule has 1 aliphatic rings. The highest BCUT2D eigenvalue weighted by Crippen LogP contribution is 2.44. The predicted molar refractivity (Wildman–Crippen MR) is 124 cm³/mol. The van der Waals surface area contributed by atoms with Crippen LogP contribution in [0.3, 0.4) is 0 Å². The van der Waals surface area contributed by atoms with E-state index in [0.717, 1.165) is 22.3 Å². The summed E-state index contributed by atoms with van der Waals surface area (Å²) in [4.78, 5) is 24.4. The van der Waals surface area contributed by atoms with Crippen LogP contribution in [0.2, 0.25) is 0 Å². The number of amides is 1. The number of anilines is 1. The highest BCUT2D eigenvalue weighted by Gasteiger charge is 2.29. The van der Waals surface area contributed by atoms with Gasteiger partial charge < -0.3 is 14.6 Å². The third-order valence-electron chi connectivity index (χ3n) is 5.75. The van der Waals surface area contributed by atoms with E-state index in [4.69, 9.17) is 9.47 Å². The molecule has 0 saturated heterocycles. The molecule has 9 heteroatoms. The molecular formula is C25H20N4O5. The summed E-state index contributed by atoms with van der Waals surface area (Å²) >= 11 is 0. The van der Waals surface area contributed by atoms with Crippen LogP contribution in [0, 0.1) is 0 Å². The van der Waals surface area contributed by atoms with Crippen molar-refractivity contribution in [3.8, 4) is 22.6 Å². The SMILES string of the molecule is COc1ccc(-n2nnc(C(=O)O)c2NC(=O)OCC2c3ccccc3-c3ccccc32)cc1. The van der Waals surface area contributed by atoms with E-state index in [1.165, 1.54) is 11.8 Å². The fourth-order valence-corrected chi connectivity index (χ4v) is 4.17. The molecule has 34 heavy (non-hydrogen) atoms. The van der Waals surface area contributed by atoms with Crippen molar-refractivity contribution in [3.63, 3.8) is 0 Å². The highest BCUT2D eigenvalue weighted by molar-refractivity contribution is 5.96. The van der Waals surface area contributed by atoms with Gasteiger partial charge in [0, 0.05) is 5.92 Å². The minimum absolute atomic E-state index is 0.0896. The molecule has 0 fully saturated rings. The topological polar surface area (TPSA) is 116 Å². The number of rotatable bonds is 6. The van der Waals surface area contributed by atoms with Crippen molar-refractivity contribution in [2.24, 2.45) is 0 Å². The first kappa shape index (κ1) is 21.2. The van der Waals surface area contributed by atoms with Crippen LogP contribution in [0.1, 0.15) is 27.5 Å². The Morgan fingerprint density at radius 1 is 0.971 bits per heavy atom. The van der Waals surface area contributed by atoms with Crippen LogP contribution in [0.15, 0.2) is 72.8 Å². The van der Waals surface area contributed by atoms with Crippen molar-refractivity contribution < 1.29 is 24.2 Å². The predicted octanol–water partition coefficient (Wildman–Crippen LogP) is 4.34. The number of ether oxygens (including phenoxy) is 2. The van der Waals surface area contributed by atoms with Crippen molar-refractivity contribution in [1.29, 1.82) is 0 Å². The number of methoxy groups -OCH3 is 1. The number of carboxylic acid groups (broad SMARTS) is 1. The Balaban J connectivity index is 1.37. The van der Waals surface area contributed by atoms with Gasteiger partial charge in [0.2, 0.25) is 5.69 Å². The molecule has 0 saturated carbocycles. The summed E-state index contributed by atoms with van der Waals surface area (Å²) in [6, 6.07) is 22.7. The van der Waals surface area contributed by atoms with E-state index in [9.17, 15) is 14.7 Å². The van der Waals surface area contributed by atoms with Gasteiger partial charge in [-0.1, -0.05) is 53.7 Å². The van der Waals surface area contributed by atoms with Crippen LogP contribution in [-0.2, 0) is 4.74 Å². The normalized spacial score (nSPS) is 12.0. The smallest absolute Gasteiger partial charge is 0.412 e. The Bertz CT molecular complexity index is 1330. The molecular weight excluding hydrogens is 436 g/mol. The summed E-state index contributed by atoms with van der Waals surface area (Å²) in [5, 5.41) is 19.6. The summed E-state index contributed by atoms with van der Waals surface area (Å²) < 4.78 is 11.9. The molecule has 0 bridgehead atoms. The van der Waals surface area contributed by atoms with E-state index in [1.807, 2.05) is 48.5 Å². The Morgan fingerprint density at radius 3 is 2.18 bits per heavy atom. The summed E-state index contributed by atoms with van der Waals surface area (Å²) in [6.07, 6.45) is -0.804. The minimum atomic E-state index is -1.33. The molecule has 1 aliphatic carbocycles. The molecule has 2 N–H and O–H groups in total. The van der Waals surface area contributed by atoms with Crippen molar-refractivity contribution >= 4 is 17.9 Å². The third-order valence-corrected chi connectivity index (χ3v) is 5.75. The lowest BCUT2D eigenvalue weighted by Crippen LogP contribution is -2.21. The fraction of sp³-hybridized carbons (Fsp3) is 0.120. The van der Waals surface area contributed by atoms with Crippen LogP contribution in [0.4, 0.5) is 10.6 Å². The summed E-state index contributed by atoms with van der Waals surface area (Å²) in [6.45, 7) is 0.0896. The van der Waals surface area contributed by atoms with E-state index in [0.29, 0.717) is 11.4 Å². The molecule has 0 unspecified atom stereocenters. The first-order chi connectivity index (χ1) is 16.6. The second-order valence-electron chi connectivity index (χ2n) is 7.65. The van der Waals surface area contributed by atoms with Crippen LogP contribution in [0.25, 0.3) is 16.8 Å². The summed E-state index contributed by atoms with van der Waals surface area (Å²) in [5.74, 6) is -0.932. The molecule has 0 radical (unpaired) electrons. The van der Waals surface area contributed by atoms with Crippen LogP contribution < -0.4 is 10.1 Å². The fourth-order valence-electron chi connectivity index (χ4n) is 4.17. The number of aromatic carboxylic acids is 1. The molecule has 1 aromatic heterocycles. The number of aromatic nitrogens is 3. The van der Waals surface area contributed by atoms with Crippen molar-refractivity contribution in [2.45, 2.75) is 5.92 Å². The maximum Gasteiger partial charge on any atom is 0.412 e. The average Bonchev–Trinajstić information content (AvgIpc) is 3.42. The first-order valence-electron chi connectivity index (χ1n) is 10.5. The van der Waals surface area contributed by atoms with E-state index < -0.39 is 17.8 Å². The van der Waals surface area contributed by atoms with Gasteiger partial charge in [-0.05, 0) is 46.5 Å². The zero-order valence-electron chi connectivity index (χ0n) is 18.1. The van der Waals surface area contributed by atoms with Crippen LogP contribution in [-0.4, -0.2) is 45.9 Å². The van der Waals surface area contributed by atoms with E-state index in [1.54, 1.807) is 24.3 Å². The zero-order valence-corrected chi connectivity index (χ0v) is 18.1. The van der Waals surface area contributed by atoms with Gasteiger partial charge in [-0.25, -0.2) is 9.59 Å². The quantitative estimate of drug-likeness (QED) is 0.443. The molecule has 9 nitrogen and oxygen atoms in total. The molecule has 0 atom stereocenters. The standard InChI is InChI=1S/C25H20N4O5/c1-33-16-12-10-15(11-13-16)29-23(22(24(30)31)27-28-29)26-25(32)34-14-21-19-8-4-2-6-17(19)18-7-3-5-9-20(18)21/h2-13,21H,14H2,1H3,(H,26,32)(H,30,31). The van der Waals surface area contributed by atoms with Crippen LogP contribution >= 0.6 is 0 Å². The summed E-state index contributed by atoms with van der Waals surface area (Å²) in [5.41, 5.74) is 4.48. The number of hydrogen-bond acceptors (Lipinski definition) is 6. The number of carbonyl (C=O) groups excluding carboxylic acids is 1. The lowest BCUT2D eigenvalue weighted by atomic mass is 9.98. The molecule has 1 amide bonds. The molecule has 0 spiro atoms. The van der Waals surface area contributed by atoms with Gasteiger partial charge in [0.15, 0.2) is 5.82 Å². The number of nitrogens with zero attached hydrogens (tertiary/aromatic N) is 3. The van der Waals surface area contributed by atoms with Gasteiger partial charge in [0.25, 0.3) is 0 Å². The maximum atomic E-state index is 12.7. The average molecular weight is 456 g/mol. The molecule has 3 aromatic carbocycles. The van der Waals surface area contributed by atoms with E-state index >= 15 is 0 Å². The lowest BCUT2D eigenvalue weighted by Gasteiger charge is -2.15. The van der Waals surface area contributed by atoms with Gasteiger partial charge in [0.1, 0.15) is 12.4 Å². The van der Waals surface area contributed by atoms with E-state index in [-0.39, 0.29) is 18.3 Å². The van der Waals surface area contributed by atoms with Crippen LogP contribution in [0.5, 0.6) is 5.75 Å². The van der Waals surface area contributed by atoms with Crippen molar-refractivity contribution in [3.05, 3.63) is 89.6 Å². The Labute approximate surface area is 194 Å². The molecule has 5 rings (SSSR count). The maximum absolute atomic E-state index is 12.7. The highest BCUT2D eigenvalue weighted by atomic mass is 16.5. The van der Waals surface area contributed by atoms with Gasteiger partial charge in [-0.2, -0.15) is 4.68 Å². The minimum Gasteiger partial charge on any atom is -0.497 e. The molecule has 170 valence electrons. The van der Waals surface area contributed by atoms with Gasteiger partial charge in [-0.15, -0.1) is 5.10 Å². The second-order valence-corrected chi connectivity index (χ2v) is 7.65. The van der Waals surface area contributed by atoms with E-state index in [2.05, 4.69) is 15.6 Å². The third kappa shape index (κ3) is 3.73. The van der Waals surface area contributed by atoms with Crippen molar-refractivity contribution in [1.82, 2.24) is 15.0 Å². The Hall–Kier alpha value is -4.66. The second kappa shape index (κ2) is 8.70.